The van der Waals surface area contributed by atoms with Crippen molar-refractivity contribution in [1.29, 1.82) is 0 Å². The molecular weight excluding hydrogens is 828 g/mol. The van der Waals surface area contributed by atoms with Gasteiger partial charge in [-0.15, -0.1) is 0 Å². The largest absolute Gasteiger partial charge is 0.444 e. The minimum Gasteiger partial charge on any atom is -0.444 e. The van der Waals surface area contributed by atoms with Crippen LogP contribution in [0.5, 0.6) is 0 Å². The normalized spacial score (nSPS) is 15.2. The van der Waals surface area contributed by atoms with Gasteiger partial charge in [0, 0.05) is 33.0 Å². The summed E-state index contributed by atoms with van der Waals surface area (Å²) in [5, 5.41) is 4.90. The first-order valence-corrected chi connectivity index (χ1v) is 21.7. The van der Waals surface area contributed by atoms with Crippen molar-refractivity contribution >= 4 is 41.3 Å². The number of benzene rings is 1. The fraction of sp³-hybridized carbons (Fsp3) is 0.721. The summed E-state index contributed by atoms with van der Waals surface area (Å²) < 4.78 is 54.8. The zero-order valence-corrected chi connectivity index (χ0v) is 37.4. The Bertz CT molecular complexity index is 1560. The van der Waals surface area contributed by atoms with E-state index in [4.69, 9.17) is 47.4 Å². The Morgan fingerprint density at radius 2 is 1.14 bits per heavy atom. The van der Waals surface area contributed by atoms with E-state index in [0.717, 1.165) is 17.7 Å². The summed E-state index contributed by atoms with van der Waals surface area (Å²) in [6.07, 6.45) is 2.05. The highest BCUT2D eigenvalue weighted by molar-refractivity contribution is 6.26. The Morgan fingerprint density at radius 1 is 0.667 bits per heavy atom. The van der Waals surface area contributed by atoms with Crippen LogP contribution in [0.3, 0.4) is 0 Å². The van der Waals surface area contributed by atoms with Crippen LogP contribution in [0, 0.1) is 0 Å². The number of carbonyl (C=O) groups is 6. The Morgan fingerprint density at radius 3 is 1.62 bits per heavy atom. The molecule has 20 heteroatoms. The van der Waals surface area contributed by atoms with Crippen molar-refractivity contribution in [2.75, 3.05) is 138 Å². The molecule has 1 fully saturated rings. The van der Waals surface area contributed by atoms with Crippen molar-refractivity contribution in [3.05, 3.63) is 29.3 Å². The Kier molecular flexibility index (Phi) is 26.1. The second kappa shape index (κ2) is 30.9. The molecule has 2 aliphatic rings. The number of fused-ring (bicyclic) bond motifs is 1. The first kappa shape index (κ1) is 53.2. The number of nitrogens with zero attached hydrogens (tertiary/aromatic N) is 2. The summed E-state index contributed by atoms with van der Waals surface area (Å²) in [5.41, 5.74) is -0.154. The molecule has 356 valence electrons. The topological polar surface area (TPSA) is 225 Å². The number of rotatable bonds is 35. The quantitative estimate of drug-likeness (QED) is 0.0738. The Balaban J connectivity index is 1.00. The van der Waals surface area contributed by atoms with Crippen LogP contribution in [-0.2, 0) is 61.8 Å². The minimum atomic E-state index is -1.08. The predicted molar refractivity (Wildman–Crippen MR) is 226 cm³/mol. The van der Waals surface area contributed by atoms with E-state index in [9.17, 15) is 28.8 Å². The van der Waals surface area contributed by atoms with Crippen LogP contribution in [0.15, 0.2) is 18.2 Å². The summed E-state index contributed by atoms with van der Waals surface area (Å²) in [5.74, 6) is -2.73. The van der Waals surface area contributed by atoms with Gasteiger partial charge in [0.2, 0.25) is 17.7 Å². The van der Waals surface area contributed by atoms with Crippen LogP contribution in [0.1, 0.15) is 80.0 Å². The number of amides is 6. The molecule has 0 aromatic heterocycles. The van der Waals surface area contributed by atoms with Crippen molar-refractivity contribution in [3.8, 4) is 0 Å². The van der Waals surface area contributed by atoms with Crippen LogP contribution in [0.2, 0.25) is 0 Å². The second-order valence-corrected chi connectivity index (χ2v) is 15.4. The molecule has 63 heavy (non-hydrogen) atoms. The van der Waals surface area contributed by atoms with Gasteiger partial charge in [-0.25, -0.2) is 4.79 Å². The number of hydrogen-bond donors (Lipinski definition) is 2. The van der Waals surface area contributed by atoms with Crippen molar-refractivity contribution < 1.29 is 76.1 Å². The van der Waals surface area contributed by atoms with Gasteiger partial charge in [-0.2, -0.15) is 0 Å². The molecule has 2 N–H and O–H groups in total. The summed E-state index contributed by atoms with van der Waals surface area (Å²) >= 11 is 0. The Labute approximate surface area is 370 Å². The average Bonchev–Trinajstić information content (AvgIpc) is 3.49. The van der Waals surface area contributed by atoms with Crippen LogP contribution in [-0.4, -0.2) is 190 Å². The van der Waals surface area contributed by atoms with Crippen molar-refractivity contribution in [2.24, 2.45) is 0 Å². The molecule has 2 aliphatic heterocycles. The van der Waals surface area contributed by atoms with Crippen molar-refractivity contribution in [1.82, 2.24) is 15.1 Å². The van der Waals surface area contributed by atoms with E-state index in [2.05, 4.69) is 10.6 Å². The van der Waals surface area contributed by atoms with E-state index >= 15 is 0 Å². The number of anilines is 1. The fourth-order valence-electron chi connectivity index (χ4n) is 5.99. The molecule has 1 aromatic rings. The fourth-order valence-corrected chi connectivity index (χ4v) is 5.99. The third-order valence-electron chi connectivity index (χ3n) is 9.19. The van der Waals surface area contributed by atoms with Gasteiger partial charge >= 0.3 is 6.09 Å². The van der Waals surface area contributed by atoms with Crippen LogP contribution >= 0.6 is 0 Å². The van der Waals surface area contributed by atoms with Gasteiger partial charge in [0.25, 0.3) is 11.8 Å². The molecule has 1 saturated heterocycles. The monoisotopic (exact) mass is 896 g/mol. The van der Waals surface area contributed by atoms with Gasteiger partial charge in [0.1, 0.15) is 11.6 Å². The predicted octanol–water partition coefficient (Wildman–Crippen LogP) is 2.60. The molecule has 1 unspecified atom stereocenters. The first-order chi connectivity index (χ1) is 30.4. The van der Waals surface area contributed by atoms with E-state index in [-0.39, 0.29) is 48.1 Å². The highest BCUT2D eigenvalue weighted by Gasteiger charge is 2.45. The van der Waals surface area contributed by atoms with Crippen LogP contribution < -0.4 is 10.6 Å². The molecule has 0 spiro atoms. The number of likely N-dealkylation sites (N-methyl/N-ethyl adjacent to an activating group) is 1. The van der Waals surface area contributed by atoms with Gasteiger partial charge in [0.05, 0.1) is 129 Å². The van der Waals surface area contributed by atoms with Crippen molar-refractivity contribution in [3.63, 3.8) is 0 Å². The highest BCUT2D eigenvalue weighted by atomic mass is 16.6. The molecule has 2 heterocycles. The first-order valence-electron chi connectivity index (χ1n) is 21.7. The molecule has 1 atom stereocenters. The summed E-state index contributed by atoms with van der Waals surface area (Å²) in [7, 11) is 1.67. The highest BCUT2D eigenvalue weighted by Crippen LogP contribution is 2.32. The number of imide groups is 2. The number of piperidine rings is 1. The maximum Gasteiger partial charge on any atom is 0.410 e. The van der Waals surface area contributed by atoms with E-state index in [1.807, 2.05) is 20.8 Å². The average molecular weight is 897 g/mol. The molecule has 6 amide bonds. The van der Waals surface area contributed by atoms with Gasteiger partial charge in [-0.1, -0.05) is 12.5 Å². The zero-order chi connectivity index (χ0) is 45.7. The molecular formula is C43H68N4O16. The number of nitrogens with one attached hydrogen (secondary N) is 2. The molecule has 0 aliphatic carbocycles. The number of ether oxygens (including phenoxy) is 10. The summed E-state index contributed by atoms with van der Waals surface area (Å²) in [6.45, 7) is 14.0. The summed E-state index contributed by atoms with van der Waals surface area (Å²) in [6, 6.07) is 3.52. The lowest BCUT2D eigenvalue weighted by Gasteiger charge is -2.27. The van der Waals surface area contributed by atoms with E-state index in [0.29, 0.717) is 132 Å². The van der Waals surface area contributed by atoms with E-state index in [1.165, 1.54) is 11.0 Å². The van der Waals surface area contributed by atoms with Gasteiger partial charge in [0.15, 0.2) is 0 Å². The maximum absolute atomic E-state index is 13.2. The van der Waals surface area contributed by atoms with E-state index in [1.54, 1.807) is 19.2 Å². The summed E-state index contributed by atoms with van der Waals surface area (Å²) in [4.78, 5) is 77.0. The zero-order valence-electron chi connectivity index (χ0n) is 37.4. The molecule has 0 saturated carbocycles. The standard InChI is InChI=1S/C43H68N4O16/c1-43(2,3)63-42(53)46(4)14-16-55-18-20-57-22-24-59-26-28-61-30-32-62-31-29-60-27-25-58-23-21-56-19-17-54-15-7-5-6-11-36(48)44-34-10-8-9-33-38(34)41(52)47(40(33)51)35-12-13-37(49)45-39(35)50/h8-10,35H,5-7,11-32H2,1-4H3,(H,44,48)(H,45,49,50). The third kappa shape index (κ3) is 21.9. The molecule has 1 aromatic carbocycles. The molecule has 0 radical (unpaired) electrons. The number of unbranched alkanes of at least 4 members (excludes halogenated alkanes) is 2. The van der Waals surface area contributed by atoms with Gasteiger partial charge in [-0.05, 0) is 52.2 Å². The van der Waals surface area contributed by atoms with Gasteiger partial charge < -0.3 is 57.6 Å². The minimum absolute atomic E-state index is 0.0251. The maximum atomic E-state index is 13.2. The number of carbonyl (C=O) groups excluding carboxylic acids is 6. The molecule has 0 bridgehead atoms. The second-order valence-electron chi connectivity index (χ2n) is 15.4. The lowest BCUT2D eigenvalue weighted by atomic mass is 10.0. The number of hydrogen-bond acceptors (Lipinski definition) is 16. The molecule has 20 nitrogen and oxygen atoms in total. The lowest BCUT2D eigenvalue weighted by molar-refractivity contribution is -0.136. The van der Waals surface area contributed by atoms with Gasteiger partial charge in [-0.3, -0.25) is 34.2 Å². The van der Waals surface area contributed by atoms with Crippen molar-refractivity contribution in [2.45, 2.75) is 70.9 Å². The lowest BCUT2D eigenvalue weighted by Crippen LogP contribution is -2.54. The van der Waals surface area contributed by atoms with Crippen LogP contribution in [0.4, 0.5) is 10.5 Å². The third-order valence-corrected chi connectivity index (χ3v) is 9.19. The van der Waals surface area contributed by atoms with Crippen LogP contribution in [0.25, 0.3) is 0 Å². The SMILES string of the molecule is CN(CCOCCOCCOCCOCCOCCOCCOCCOCCOCCCCCC(=O)Nc1cccc2c1C(=O)N(C1CCC(=O)NC1=O)C2=O)C(=O)OC(C)(C)C. The van der Waals surface area contributed by atoms with E-state index < -0.39 is 35.3 Å². The Hall–Kier alpha value is -4.12. The molecule has 3 rings (SSSR count). The smallest absolute Gasteiger partial charge is 0.410 e.